The lowest BCUT2D eigenvalue weighted by molar-refractivity contribution is -0.112. The minimum atomic E-state index is -0.548. The topological polar surface area (TPSA) is 83.4 Å². The highest BCUT2D eigenvalue weighted by molar-refractivity contribution is 6.07. The highest BCUT2D eigenvalue weighted by Gasteiger charge is 2.24. The zero-order valence-electron chi connectivity index (χ0n) is 12.3. The summed E-state index contributed by atoms with van der Waals surface area (Å²) in [5.41, 5.74) is 1.14. The largest absolute Gasteiger partial charge is 0.497 e. The van der Waals surface area contributed by atoms with Crippen LogP contribution in [0.3, 0.4) is 0 Å². The third-order valence-electron chi connectivity index (χ3n) is 3.26. The highest BCUT2D eigenvalue weighted by atomic mass is 16.5. The summed E-state index contributed by atoms with van der Waals surface area (Å²) >= 11 is 0. The predicted octanol–water partition coefficient (Wildman–Crippen LogP) is 2.87. The first-order valence-electron chi connectivity index (χ1n) is 6.85. The second kappa shape index (κ2) is 6.12. The number of benzene rings is 2. The molecule has 0 aromatic heterocycles. The summed E-state index contributed by atoms with van der Waals surface area (Å²) in [6, 6.07) is 15.9. The molecule has 0 fully saturated rings. The molecule has 3 rings (SSSR count). The average molecular weight is 307 g/mol. The predicted molar refractivity (Wildman–Crippen MR) is 85.0 cm³/mol. The zero-order valence-corrected chi connectivity index (χ0v) is 12.3. The summed E-state index contributed by atoms with van der Waals surface area (Å²) in [5.74, 6) is 0.832. The second-order valence-corrected chi connectivity index (χ2v) is 4.72. The number of nitrogens with zero attached hydrogens (tertiary/aromatic N) is 1. The third kappa shape index (κ3) is 2.94. The van der Waals surface area contributed by atoms with E-state index in [0.29, 0.717) is 22.9 Å². The molecule has 2 aromatic rings. The summed E-state index contributed by atoms with van der Waals surface area (Å²) in [5, 5.41) is 14.9. The Bertz CT molecular complexity index is 793. The zero-order chi connectivity index (χ0) is 16.2. The van der Waals surface area contributed by atoms with Gasteiger partial charge in [0.2, 0.25) is 5.88 Å². The third-order valence-corrected chi connectivity index (χ3v) is 3.26. The number of nitrogens with one attached hydrogen (secondary N) is 2. The Hall–Kier alpha value is -3.46. The Morgan fingerprint density at radius 3 is 2.61 bits per heavy atom. The van der Waals surface area contributed by atoms with E-state index in [2.05, 4.69) is 10.6 Å². The van der Waals surface area contributed by atoms with E-state index >= 15 is 0 Å². The van der Waals surface area contributed by atoms with E-state index in [0.717, 1.165) is 0 Å². The van der Waals surface area contributed by atoms with Gasteiger partial charge in [-0.2, -0.15) is 5.26 Å². The Kier molecular flexibility index (Phi) is 3.85. The number of fused-ring (bicyclic) bond motifs is 1. The molecule has 0 saturated carbocycles. The van der Waals surface area contributed by atoms with Gasteiger partial charge in [-0.1, -0.05) is 12.1 Å². The molecule has 1 aliphatic rings. The van der Waals surface area contributed by atoms with E-state index in [1.807, 2.05) is 18.2 Å². The molecule has 0 atom stereocenters. The molecule has 114 valence electrons. The maximum absolute atomic E-state index is 12.3. The molecular weight excluding hydrogens is 294 g/mol. The summed E-state index contributed by atoms with van der Waals surface area (Å²) in [4.78, 5) is 12.3. The van der Waals surface area contributed by atoms with Crippen LogP contribution >= 0.6 is 0 Å². The first kappa shape index (κ1) is 14.5. The molecule has 6 nitrogen and oxygen atoms in total. The fourth-order valence-corrected chi connectivity index (χ4v) is 2.10. The van der Waals surface area contributed by atoms with E-state index in [-0.39, 0.29) is 11.5 Å². The first-order valence-corrected chi connectivity index (χ1v) is 6.85. The minimum Gasteiger partial charge on any atom is -0.497 e. The van der Waals surface area contributed by atoms with Crippen LogP contribution < -0.4 is 20.1 Å². The monoisotopic (exact) mass is 307 g/mol. The molecule has 1 amide bonds. The van der Waals surface area contributed by atoms with Crippen LogP contribution in [0.5, 0.6) is 11.5 Å². The molecule has 0 radical (unpaired) electrons. The fraction of sp³-hybridized carbons (Fsp3) is 0.0588. The molecule has 1 aliphatic heterocycles. The van der Waals surface area contributed by atoms with Gasteiger partial charge in [-0.15, -0.1) is 0 Å². The fourth-order valence-electron chi connectivity index (χ4n) is 2.10. The smallest absolute Gasteiger partial charge is 0.271 e. The van der Waals surface area contributed by atoms with Crippen molar-refractivity contribution < 1.29 is 14.3 Å². The van der Waals surface area contributed by atoms with E-state index in [4.69, 9.17) is 9.47 Å². The Morgan fingerprint density at radius 1 is 1.22 bits per heavy atom. The number of methoxy groups -OCH3 is 1. The Balaban J connectivity index is 1.80. The molecule has 6 heteroatoms. The Labute approximate surface area is 132 Å². The summed E-state index contributed by atoms with van der Waals surface area (Å²) in [6.07, 6.45) is 0. The van der Waals surface area contributed by atoms with Gasteiger partial charge in [0, 0.05) is 5.69 Å². The number of rotatable bonds is 3. The van der Waals surface area contributed by atoms with Crippen LogP contribution in [0, 0.1) is 11.3 Å². The molecule has 0 unspecified atom stereocenters. The van der Waals surface area contributed by atoms with Crippen molar-refractivity contribution in [2.75, 3.05) is 17.7 Å². The number of anilines is 2. The van der Waals surface area contributed by atoms with Gasteiger partial charge in [0.25, 0.3) is 5.91 Å². The lowest BCUT2D eigenvalue weighted by Gasteiger charge is -2.07. The summed E-state index contributed by atoms with van der Waals surface area (Å²) in [7, 11) is 1.56. The molecular formula is C17H13N3O3. The van der Waals surface area contributed by atoms with Gasteiger partial charge in [0.1, 0.15) is 11.8 Å². The van der Waals surface area contributed by atoms with Crippen molar-refractivity contribution in [2.45, 2.75) is 0 Å². The van der Waals surface area contributed by atoms with E-state index in [9.17, 15) is 10.1 Å². The highest BCUT2D eigenvalue weighted by Crippen LogP contribution is 2.33. The first-order chi connectivity index (χ1) is 11.2. The van der Waals surface area contributed by atoms with Gasteiger partial charge in [0.05, 0.1) is 12.8 Å². The van der Waals surface area contributed by atoms with Crippen LogP contribution in [0.15, 0.2) is 60.0 Å². The minimum absolute atomic E-state index is 0.125. The SMILES string of the molecule is COc1ccc(NC(=O)/C(C#N)=C2\Nc3ccccc3O2)cc1. The normalized spacial score (nSPS) is 13.9. The average Bonchev–Trinajstić information content (AvgIpc) is 2.99. The van der Waals surface area contributed by atoms with E-state index < -0.39 is 5.91 Å². The Morgan fingerprint density at radius 2 is 1.96 bits per heavy atom. The molecule has 0 spiro atoms. The van der Waals surface area contributed by atoms with Crippen molar-refractivity contribution in [3.63, 3.8) is 0 Å². The van der Waals surface area contributed by atoms with Crippen molar-refractivity contribution in [3.8, 4) is 17.6 Å². The maximum atomic E-state index is 12.3. The van der Waals surface area contributed by atoms with Crippen molar-refractivity contribution in [1.82, 2.24) is 0 Å². The maximum Gasteiger partial charge on any atom is 0.271 e. The molecule has 2 aromatic carbocycles. The van der Waals surface area contributed by atoms with Crippen molar-refractivity contribution in [3.05, 3.63) is 60.0 Å². The molecule has 0 saturated heterocycles. The van der Waals surface area contributed by atoms with Crippen molar-refractivity contribution in [2.24, 2.45) is 0 Å². The standard InChI is InChI=1S/C17H13N3O3/c1-22-12-8-6-11(7-9-12)19-16(21)13(10-18)17-20-14-4-2-3-5-15(14)23-17/h2-9,20H,1H3,(H,19,21)/b17-13+. The van der Waals surface area contributed by atoms with Crippen molar-refractivity contribution >= 4 is 17.3 Å². The number of carbonyl (C=O) groups excluding carboxylic acids is 1. The number of para-hydroxylation sites is 2. The van der Waals surface area contributed by atoms with Crippen LogP contribution in [-0.2, 0) is 4.79 Å². The molecule has 1 heterocycles. The van der Waals surface area contributed by atoms with Gasteiger partial charge in [0.15, 0.2) is 11.3 Å². The van der Waals surface area contributed by atoms with Gasteiger partial charge in [-0.3, -0.25) is 4.79 Å². The van der Waals surface area contributed by atoms with Gasteiger partial charge < -0.3 is 20.1 Å². The van der Waals surface area contributed by atoms with Crippen LogP contribution in [0.1, 0.15) is 0 Å². The lowest BCUT2D eigenvalue weighted by atomic mass is 10.2. The molecule has 0 bridgehead atoms. The number of nitriles is 1. The summed E-state index contributed by atoms with van der Waals surface area (Å²) in [6.45, 7) is 0. The van der Waals surface area contributed by atoms with Gasteiger partial charge in [-0.25, -0.2) is 0 Å². The van der Waals surface area contributed by atoms with Gasteiger partial charge in [-0.05, 0) is 36.4 Å². The second-order valence-electron chi connectivity index (χ2n) is 4.72. The number of ether oxygens (including phenoxy) is 2. The number of hydrogen-bond donors (Lipinski definition) is 2. The molecule has 23 heavy (non-hydrogen) atoms. The molecule has 0 aliphatic carbocycles. The van der Waals surface area contributed by atoms with Crippen LogP contribution in [0.25, 0.3) is 0 Å². The van der Waals surface area contributed by atoms with Crippen LogP contribution in [-0.4, -0.2) is 13.0 Å². The van der Waals surface area contributed by atoms with E-state index in [1.54, 1.807) is 43.5 Å². The van der Waals surface area contributed by atoms with Crippen molar-refractivity contribution in [1.29, 1.82) is 5.26 Å². The quantitative estimate of drug-likeness (QED) is 0.673. The van der Waals surface area contributed by atoms with Crippen LogP contribution in [0.2, 0.25) is 0 Å². The van der Waals surface area contributed by atoms with Crippen LogP contribution in [0.4, 0.5) is 11.4 Å². The summed E-state index contributed by atoms with van der Waals surface area (Å²) < 4.78 is 10.6. The molecule has 2 N–H and O–H groups in total. The van der Waals surface area contributed by atoms with E-state index in [1.165, 1.54) is 0 Å². The lowest BCUT2D eigenvalue weighted by Crippen LogP contribution is -2.18. The number of hydrogen-bond acceptors (Lipinski definition) is 5. The number of carbonyl (C=O) groups is 1. The van der Waals surface area contributed by atoms with Gasteiger partial charge >= 0.3 is 0 Å². The number of amides is 1.